The third-order valence-corrected chi connectivity index (χ3v) is 5.50. The molecule has 0 saturated heterocycles. The van der Waals surface area contributed by atoms with E-state index in [1.165, 1.54) is 42.9 Å². The van der Waals surface area contributed by atoms with Crippen molar-refractivity contribution in [1.82, 2.24) is 4.98 Å². The van der Waals surface area contributed by atoms with Crippen molar-refractivity contribution < 1.29 is 19.2 Å². The maximum atomic E-state index is 12.5. The summed E-state index contributed by atoms with van der Waals surface area (Å²) in [5, 5.41) is 11.8. The fraction of sp³-hybridized carbons (Fsp3) is 0.150. The molecule has 2 heterocycles. The van der Waals surface area contributed by atoms with Gasteiger partial charge in [0.1, 0.15) is 9.71 Å². The highest BCUT2D eigenvalue weighted by Crippen LogP contribution is 2.30. The number of thiophene rings is 1. The average Bonchev–Trinajstić information content (AvgIpc) is 3.02. The number of aromatic nitrogens is 1. The number of hydrogen-bond acceptors (Lipinski definition) is 7. The number of benzene rings is 1. The number of esters is 1. The molecule has 0 N–H and O–H groups in total. The van der Waals surface area contributed by atoms with E-state index >= 15 is 0 Å². The molecule has 2 aromatic heterocycles. The number of carbonyl (C=O) groups excluding carboxylic acids is 2. The molecule has 8 heteroatoms. The van der Waals surface area contributed by atoms with Crippen LogP contribution in [0.3, 0.4) is 0 Å². The molecule has 142 valence electrons. The molecule has 0 spiro atoms. The van der Waals surface area contributed by atoms with Gasteiger partial charge in [-0.05, 0) is 37.1 Å². The van der Waals surface area contributed by atoms with Crippen LogP contribution in [0.15, 0.2) is 36.5 Å². The smallest absolute Gasteiger partial charge is 0.348 e. The van der Waals surface area contributed by atoms with E-state index in [-0.39, 0.29) is 11.5 Å². The summed E-state index contributed by atoms with van der Waals surface area (Å²) in [6.07, 6.45) is 4.32. The third-order valence-electron chi connectivity index (χ3n) is 4.31. The number of nitrogens with zero attached hydrogens (tertiary/aromatic N) is 2. The van der Waals surface area contributed by atoms with Crippen LogP contribution in [-0.2, 0) is 4.74 Å². The molecule has 3 aromatic rings. The van der Waals surface area contributed by atoms with Gasteiger partial charge in [0.25, 0.3) is 5.69 Å². The Morgan fingerprint density at radius 3 is 2.68 bits per heavy atom. The van der Waals surface area contributed by atoms with Crippen LogP contribution in [0.1, 0.15) is 36.7 Å². The third kappa shape index (κ3) is 3.67. The molecule has 0 radical (unpaired) electrons. The number of pyridine rings is 1. The Morgan fingerprint density at radius 2 is 2.00 bits per heavy atom. The summed E-state index contributed by atoms with van der Waals surface area (Å²) in [4.78, 5) is 40.3. The van der Waals surface area contributed by atoms with Crippen molar-refractivity contribution in [3.63, 3.8) is 0 Å². The minimum atomic E-state index is -0.454. The Bertz CT molecular complexity index is 1150. The largest absolute Gasteiger partial charge is 0.465 e. The van der Waals surface area contributed by atoms with Crippen LogP contribution < -0.4 is 0 Å². The molecule has 0 bridgehead atoms. The number of carbonyl (C=O) groups is 2. The second kappa shape index (κ2) is 7.69. The molecular formula is C20H16N2O5S. The highest BCUT2D eigenvalue weighted by atomic mass is 32.1. The molecule has 0 aliphatic carbocycles. The Balaban J connectivity index is 1.90. The Morgan fingerprint density at radius 1 is 1.25 bits per heavy atom. The zero-order chi connectivity index (χ0) is 20.4. The van der Waals surface area contributed by atoms with E-state index in [1.807, 2.05) is 0 Å². The number of ketones is 1. The number of hydrogen-bond donors (Lipinski definition) is 0. The first kappa shape index (κ1) is 19.4. The van der Waals surface area contributed by atoms with Crippen molar-refractivity contribution in [2.24, 2.45) is 0 Å². The summed E-state index contributed by atoms with van der Waals surface area (Å²) in [6, 6.07) is 6.45. The second-order valence-corrected chi connectivity index (χ2v) is 7.12. The highest BCUT2D eigenvalue weighted by molar-refractivity contribution is 7.20. The first-order chi connectivity index (χ1) is 13.3. The van der Waals surface area contributed by atoms with Crippen LogP contribution in [0.5, 0.6) is 0 Å². The van der Waals surface area contributed by atoms with E-state index in [9.17, 15) is 19.7 Å². The van der Waals surface area contributed by atoms with Crippen molar-refractivity contribution in [3.8, 4) is 0 Å². The van der Waals surface area contributed by atoms with Crippen LogP contribution in [0.2, 0.25) is 0 Å². The minimum absolute atomic E-state index is 0.00178. The lowest BCUT2D eigenvalue weighted by Gasteiger charge is -2.00. The molecule has 0 unspecified atom stereocenters. The summed E-state index contributed by atoms with van der Waals surface area (Å²) in [6.45, 7) is 3.44. The van der Waals surface area contributed by atoms with Gasteiger partial charge in [-0.25, -0.2) is 9.78 Å². The molecule has 3 rings (SSSR count). The van der Waals surface area contributed by atoms with Gasteiger partial charge in [-0.3, -0.25) is 14.9 Å². The number of ether oxygens (including phenoxy) is 1. The van der Waals surface area contributed by atoms with Gasteiger partial charge in [-0.2, -0.15) is 0 Å². The fourth-order valence-electron chi connectivity index (χ4n) is 2.71. The molecule has 28 heavy (non-hydrogen) atoms. The normalized spacial score (nSPS) is 11.1. The van der Waals surface area contributed by atoms with Crippen LogP contribution in [0, 0.1) is 24.0 Å². The Labute approximate surface area is 164 Å². The predicted molar refractivity (Wildman–Crippen MR) is 107 cm³/mol. The van der Waals surface area contributed by atoms with Crippen molar-refractivity contribution in [1.29, 1.82) is 0 Å². The summed E-state index contributed by atoms with van der Waals surface area (Å²) < 4.78 is 4.76. The van der Waals surface area contributed by atoms with E-state index in [0.29, 0.717) is 32.0 Å². The molecule has 0 aliphatic heterocycles. The topological polar surface area (TPSA) is 99.4 Å². The van der Waals surface area contributed by atoms with Gasteiger partial charge in [0, 0.05) is 28.8 Å². The number of nitro benzene ring substituents is 1. The van der Waals surface area contributed by atoms with Gasteiger partial charge in [-0.15, -0.1) is 11.3 Å². The fourth-order valence-corrected chi connectivity index (χ4v) is 3.77. The Hall–Kier alpha value is -3.39. The zero-order valence-corrected chi connectivity index (χ0v) is 16.2. The van der Waals surface area contributed by atoms with Gasteiger partial charge in [0.2, 0.25) is 0 Å². The van der Waals surface area contributed by atoms with E-state index in [4.69, 9.17) is 4.74 Å². The number of methoxy groups -OCH3 is 1. The highest BCUT2D eigenvalue weighted by Gasteiger charge is 2.18. The van der Waals surface area contributed by atoms with Gasteiger partial charge >= 0.3 is 5.97 Å². The lowest BCUT2D eigenvalue weighted by Crippen LogP contribution is -1.99. The molecular weight excluding hydrogens is 380 g/mol. The summed E-state index contributed by atoms with van der Waals surface area (Å²) in [7, 11) is 1.31. The van der Waals surface area contributed by atoms with Crippen molar-refractivity contribution in [2.45, 2.75) is 13.8 Å². The number of fused-ring (bicyclic) bond motifs is 1. The average molecular weight is 396 g/mol. The molecule has 0 saturated carbocycles. The van der Waals surface area contributed by atoms with Crippen LogP contribution in [-0.4, -0.2) is 28.8 Å². The zero-order valence-electron chi connectivity index (χ0n) is 15.4. The quantitative estimate of drug-likeness (QED) is 0.207. The minimum Gasteiger partial charge on any atom is -0.465 e. The number of aryl methyl sites for hydroxylation is 2. The standard InChI is InChI=1S/C20H16N2O5S/c1-11-4-5-13(8-16(11)22(25)26)6-7-17(23)14-9-15-12(2)18(20(24)27-3)28-19(15)21-10-14/h4-10H,1-3H3/b7-6+. The van der Waals surface area contributed by atoms with Crippen molar-refractivity contribution in [2.75, 3.05) is 7.11 Å². The number of nitro groups is 1. The van der Waals surface area contributed by atoms with E-state index in [1.54, 1.807) is 32.0 Å². The first-order valence-electron chi connectivity index (χ1n) is 8.26. The summed E-state index contributed by atoms with van der Waals surface area (Å²) in [5.41, 5.74) is 2.19. The van der Waals surface area contributed by atoms with Gasteiger partial charge in [0.15, 0.2) is 5.78 Å². The predicted octanol–water partition coefficient (Wildman–Crippen LogP) is 4.50. The molecule has 7 nitrogen and oxygen atoms in total. The van der Waals surface area contributed by atoms with E-state index in [0.717, 1.165) is 5.39 Å². The van der Waals surface area contributed by atoms with Crippen molar-refractivity contribution >= 4 is 45.1 Å². The first-order valence-corrected chi connectivity index (χ1v) is 9.08. The maximum absolute atomic E-state index is 12.5. The van der Waals surface area contributed by atoms with E-state index < -0.39 is 10.9 Å². The number of rotatable bonds is 5. The Kier molecular flexibility index (Phi) is 5.32. The molecule has 0 amide bonds. The maximum Gasteiger partial charge on any atom is 0.348 e. The lowest BCUT2D eigenvalue weighted by atomic mass is 10.1. The molecule has 1 aromatic carbocycles. The lowest BCUT2D eigenvalue weighted by molar-refractivity contribution is -0.385. The van der Waals surface area contributed by atoms with Crippen LogP contribution >= 0.6 is 11.3 Å². The SMILES string of the molecule is COC(=O)c1sc2ncc(C(=O)/C=C/c3ccc(C)c([N+](=O)[O-])c3)cc2c1C. The van der Waals surface area contributed by atoms with Crippen LogP contribution in [0.25, 0.3) is 16.3 Å². The summed E-state index contributed by atoms with van der Waals surface area (Å²) in [5.74, 6) is -0.725. The van der Waals surface area contributed by atoms with Crippen LogP contribution in [0.4, 0.5) is 5.69 Å². The number of allylic oxidation sites excluding steroid dienone is 1. The second-order valence-electron chi connectivity index (χ2n) is 6.13. The molecule has 0 fully saturated rings. The molecule has 0 aliphatic rings. The van der Waals surface area contributed by atoms with Gasteiger partial charge in [-0.1, -0.05) is 18.2 Å². The monoisotopic (exact) mass is 396 g/mol. The summed E-state index contributed by atoms with van der Waals surface area (Å²) >= 11 is 1.21. The van der Waals surface area contributed by atoms with Gasteiger partial charge < -0.3 is 4.74 Å². The van der Waals surface area contributed by atoms with Gasteiger partial charge in [0.05, 0.1) is 12.0 Å². The van der Waals surface area contributed by atoms with E-state index in [2.05, 4.69) is 4.98 Å². The molecule has 0 atom stereocenters. The van der Waals surface area contributed by atoms with Crippen molar-refractivity contribution in [3.05, 3.63) is 73.8 Å².